The Morgan fingerprint density at radius 2 is 2.17 bits per heavy atom. The summed E-state index contributed by atoms with van der Waals surface area (Å²) in [5.41, 5.74) is -1.05. The molecular formula is C8H6ClF3N2O4. The van der Waals surface area contributed by atoms with Crippen molar-refractivity contribution in [3.05, 3.63) is 21.9 Å². The van der Waals surface area contributed by atoms with Crippen LogP contribution in [0.5, 0.6) is 11.6 Å². The summed E-state index contributed by atoms with van der Waals surface area (Å²) < 4.78 is 44.5. The predicted molar refractivity (Wildman–Crippen MR) is 53.7 cm³/mol. The molecule has 100 valence electrons. The molecule has 0 unspecified atom stereocenters. The van der Waals surface area contributed by atoms with Gasteiger partial charge in [-0.25, -0.2) is 4.98 Å². The van der Waals surface area contributed by atoms with Crippen molar-refractivity contribution in [2.45, 2.75) is 12.2 Å². The first kappa shape index (κ1) is 14.3. The second kappa shape index (κ2) is 5.25. The van der Waals surface area contributed by atoms with Crippen LogP contribution in [-0.2, 0) is 5.88 Å². The van der Waals surface area contributed by atoms with Crippen molar-refractivity contribution in [2.24, 2.45) is 0 Å². The number of halogens is 4. The van der Waals surface area contributed by atoms with Crippen LogP contribution < -0.4 is 9.47 Å². The number of nitro groups is 1. The molecule has 0 aromatic carbocycles. The minimum atomic E-state index is -5.07. The highest BCUT2D eigenvalue weighted by molar-refractivity contribution is 6.16. The van der Waals surface area contributed by atoms with Crippen molar-refractivity contribution in [2.75, 3.05) is 7.11 Å². The first-order valence-electron chi connectivity index (χ1n) is 4.32. The highest BCUT2D eigenvalue weighted by Crippen LogP contribution is 2.38. The quantitative estimate of drug-likeness (QED) is 0.483. The van der Waals surface area contributed by atoms with E-state index in [2.05, 4.69) is 14.5 Å². The summed E-state index contributed by atoms with van der Waals surface area (Å²) in [5.74, 6) is -1.87. The Bertz CT molecular complexity index is 466. The number of alkyl halides is 4. The van der Waals surface area contributed by atoms with Crippen molar-refractivity contribution >= 4 is 17.3 Å². The lowest BCUT2D eigenvalue weighted by Gasteiger charge is -2.11. The Labute approximate surface area is 103 Å². The molecule has 0 aliphatic heterocycles. The standard InChI is InChI=1S/C8H6ClF3N2O4/c1-17-7-6(14(15)16)5(18-8(10,11)12)2-4(3-9)13-7/h2H,3H2,1H3. The smallest absolute Gasteiger partial charge is 0.476 e. The van der Waals surface area contributed by atoms with Gasteiger partial charge in [0, 0.05) is 6.07 Å². The van der Waals surface area contributed by atoms with Crippen LogP contribution in [0.4, 0.5) is 18.9 Å². The van der Waals surface area contributed by atoms with E-state index in [1.54, 1.807) is 0 Å². The fraction of sp³-hybridized carbons (Fsp3) is 0.375. The number of nitrogens with zero attached hydrogens (tertiary/aromatic N) is 2. The number of methoxy groups -OCH3 is 1. The minimum Gasteiger partial charge on any atom is -0.476 e. The molecule has 6 nitrogen and oxygen atoms in total. The van der Waals surface area contributed by atoms with Crippen LogP contribution in [0.15, 0.2) is 6.07 Å². The number of aromatic nitrogens is 1. The first-order chi connectivity index (χ1) is 8.28. The van der Waals surface area contributed by atoms with E-state index in [-0.39, 0.29) is 11.6 Å². The van der Waals surface area contributed by atoms with E-state index in [1.807, 2.05) is 0 Å². The number of hydrogen-bond donors (Lipinski definition) is 0. The highest BCUT2D eigenvalue weighted by atomic mass is 35.5. The lowest BCUT2D eigenvalue weighted by Crippen LogP contribution is -2.18. The van der Waals surface area contributed by atoms with Crippen LogP contribution >= 0.6 is 11.6 Å². The van der Waals surface area contributed by atoms with Crippen LogP contribution in [0, 0.1) is 10.1 Å². The SMILES string of the molecule is COc1nc(CCl)cc(OC(F)(F)F)c1[N+](=O)[O-]. The van der Waals surface area contributed by atoms with E-state index in [0.717, 1.165) is 13.2 Å². The van der Waals surface area contributed by atoms with Crippen LogP contribution in [0.1, 0.15) is 5.69 Å². The second-order valence-electron chi connectivity index (χ2n) is 2.91. The zero-order chi connectivity index (χ0) is 13.9. The van der Waals surface area contributed by atoms with E-state index in [4.69, 9.17) is 11.6 Å². The van der Waals surface area contributed by atoms with Gasteiger partial charge in [0.1, 0.15) is 0 Å². The summed E-state index contributed by atoms with van der Waals surface area (Å²) in [4.78, 5) is 13.2. The van der Waals surface area contributed by atoms with E-state index in [9.17, 15) is 23.3 Å². The number of pyridine rings is 1. The summed E-state index contributed by atoms with van der Waals surface area (Å²) >= 11 is 5.41. The van der Waals surface area contributed by atoms with E-state index < -0.39 is 28.6 Å². The molecular weight excluding hydrogens is 281 g/mol. The van der Waals surface area contributed by atoms with Crippen LogP contribution in [0.2, 0.25) is 0 Å². The maximum Gasteiger partial charge on any atom is 0.573 e. The number of ether oxygens (including phenoxy) is 2. The van der Waals surface area contributed by atoms with Crippen molar-refractivity contribution in [1.82, 2.24) is 4.98 Å². The molecule has 1 rings (SSSR count). The molecule has 0 atom stereocenters. The third-order valence-corrected chi connectivity index (χ3v) is 1.99. The van der Waals surface area contributed by atoms with Crippen molar-refractivity contribution in [3.63, 3.8) is 0 Å². The molecule has 0 saturated carbocycles. The van der Waals surface area contributed by atoms with Crippen molar-refractivity contribution in [3.8, 4) is 11.6 Å². The lowest BCUT2D eigenvalue weighted by atomic mass is 10.3. The van der Waals surface area contributed by atoms with Gasteiger partial charge < -0.3 is 9.47 Å². The van der Waals surface area contributed by atoms with Crippen molar-refractivity contribution < 1.29 is 27.6 Å². The van der Waals surface area contributed by atoms with Gasteiger partial charge in [0.2, 0.25) is 5.75 Å². The Kier molecular flexibility index (Phi) is 4.17. The van der Waals surface area contributed by atoms with Crippen LogP contribution in [0.25, 0.3) is 0 Å². The molecule has 18 heavy (non-hydrogen) atoms. The zero-order valence-electron chi connectivity index (χ0n) is 8.82. The van der Waals surface area contributed by atoms with E-state index >= 15 is 0 Å². The lowest BCUT2D eigenvalue weighted by molar-refractivity contribution is -0.389. The Balaban J connectivity index is 3.39. The molecule has 0 bridgehead atoms. The molecule has 0 saturated heterocycles. The maximum atomic E-state index is 12.1. The summed E-state index contributed by atoms with van der Waals surface area (Å²) in [7, 11) is 1.03. The van der Waals surface area contributed by atoms with Gasteiger partial charge >= 0.3 is 12.0 Å². The predicted octanol–water partition coefficient (Wildman–Crippen LogP) is 2.64. The van der Waals surface area contributed by atoms with Crippen LogP contribution in [-0.4, -0.2) is 23.4 Å². The molecule has 0 aliphatic rings. The molecule has 0 amide bonds. The topological polar surface area (TPSA) is 74.5 Å². The normalized spacial score (nSPS) is 11.2. The second-order valence-corrected chi connectivity index (χ2v) is 3.18. The zero-order valence-corrected chi connectivity index (χ0v) is 9.58. The molecule has 10 heteroatoms. The minimum absolute atomic E-state index is 0.0432. The van der Waals surface area contributed by atoms with Crippen LogP contribution in [0.3, 0.4) is 0 Å². The molecule has 0 radical (unpaired) electrons. The van der Waals surface area contributed by atoms with Crippen molar-refractivity contribution in [1.29, 1.82) is 0 Å². The fourth-order valence-corrected chi connectivity index (χ4v) is 1.26. The van der Waals surface area contributed by atoms with Gasteiger partial charge in [0.25, 0.3) is 5.88 Å². The number of rotatable bonds is 4. The molecule has 1 aromatic heterocycles. The Morgan fingerprint density at radius 1 is 1.56 bits per heavy atom. The van der Waals surface area contributed by atoms with Gasteiger partial charge in [-0.3, -0.25) is 10.1 Å². The third-order valence-electron chi connectivity index (χ3n) is 1.72. The maximum absolute atomic E-state index is 12.1. The average Bonchev–Trinajstić information content (AvgIpc) is 2.25. The van der Waals surface area contributed by atoms with Gasteiger partial charge in [-0.05, 0) is 0 Å². The largest absolute Gasteiger partial charge is 0.573 e. The molecule has 1 heterocycles. The monoisotopic (exact) mass is 286 g/mol. The highest BCUT2D eigenvalue weighted by Gasteiger charge is 2.37. The van der Waals surface area contributed by atoms with Gasteiger partial charge in [0.05, 0.1) is 23.6 Å². The van der Waals surface area contributed by atoms with E-state index in [1.165, 1.54) is 0 Å². The Hall–Kier alpha value is -1.77. The molecule has 0 spiro atoms. The summed E-state index contributed by atoms with van der Waals surface area (Å²) in [6, 6.07) is 0.737. The third kappa shape index (κ3) is 3.36. The summed E-state index contributed by atoms with van der Waals surface area (Å²) in [5, 5.41) is 10.7. The molecule has 1 aromatic rings. The van der Waals surface area contributed by atoms with Gasteiger partial charge in [0.15, 0.2) is 0 Å². The average molecular weight is 287 g/mol. The summed E-state index contributed by atoms with van der Waals surface area (Å²) in [6.07, 6.45) is -5.07. The van der Waals surface area contributed by atoms with Gasteiger partial charge in [-0.2, -0.15) is 0 Å². The molecule has 0 fully saturated rings. The number of hydrogen-bond acceptors (Lipinski definition) is 5. The molecule has 0 N–H and O–H groups in total. The van der Waals surface area contributed by atoms with Gasteiger partial charge in [-0.15, -0.1) is 24.8 Å². The van der Waals surface area contributed by atoms with Gasteiger partial charge in [-0.1, -0.05) is 0 Å². The summed E-state index contributed by atoms with van der Waals surface area (Å²) in [6.45, 7) is 0. The van der Waals surface area contributed by atoms with E-state index in [0.29, 0.717) is 0 Å². The fourth-order valence-electron chi connectivity index (χ4n) is 1.12. The Morgan fingerprint density at radius 3 is 2.56 bits per heavy atom. The first-order valence-corrected chi connectivity index (χ1v) is 4.86. The molecule has 0 aliphatic carbocycles.